The van der Waals surface area contributed by atoms with Crippen LogP contribution in [0.5, 0.6) is 0 Å². The van der Waals surface area contributed by atoms with Gasteiger partial charge in [-0.2, -0.15) is 0 Å². The number of anilines is 1. The minimum absolute atomic E-state index is 0.0101. The number of hydrogen-bond donors (Lipinski definition) is 2. The number of nitrogens with zero attached hydrogens (tertiary/aromatic N) is 2. The number of amides is 3. The number of carbonyl (C=O) groups excluding carboxylic acids is 3. The van der Waals surface area contributed by atoms with Gasteiger partial charge in [-0.3, -0.25) is 0 Å². The van der Waals surface area contributed by atoms with Crippen molar-refractivity contribution in [1.82, 2.24) is 4.90 Å². The van der Waals surface area contributed by atoms with E-state index in [0.717, 1.165) is 10.5 Å². The minimum atomic E-state index is -1.32. The van der Waals surface area contributed by atoms with E-state index >= 15 is 0 Å². The van der Waals surface area contributed by atoms with E-state index in [0.29, 0.717) is 22.5 Å². The van der Waals surface area contributed by atoms with E-state index in [9.17, 15) is 14.4 Å². The van der Waals surface area contributed by atoms with Gasteiger partial charge in [-0.1, -0.05) is 90.6 Å². The zero-order valence-electron chi connectivity index (χ0n) is 20.9. The summed E-state index contributed by atoms with van der Waals surface area (Å²) in [5, 5.41) is 14.7. The Morgan fingerprint density at radius 3 is 2.13 bits per heavy atom. The van der Waals surface area contributed by atoms with Gasteiger partial charge in [0.1, 0.15) is 19.3 Å². The van der Waals surface area contributed by atoms with Crippen molar-refractivity contribution < 1.29 is 29.1 Å². The molecule has 9 nitrogen and oxygen atoms in total. The molecule has 0 bridgehead atoms. The summed E-state index contributed by atoms with van der Waals surface area (Å²) in [6.45, 7) is 4.96. The highest BCUT2D eigenvalue weighted by atomic mass is 16.6. The molecular formula is C29H29N3O6. The molecule has 0 spiro atoms. The molecule has 196 valence electrons. The zero-order chi connectivity index (χ0) is 27.3. The van der Waals surface area contributed by atoms with Crippen molar-refractivity contribution in [3.8, 4) is 0 Å². The smallest absolute Gasteiger partial charge is 0.419 e. The fourth-order valence-corrected chi connectivity index (χ4v) is 3.53. The van der Waals surface area contributed by atoms with Crippen molar-refractivity contribution in [2.75, 3.05) is 11.9 Å². The van der Waals surface area contributed by atoms with E-state index in [2.05, 4.69) is 17.1 Å². The van der Waals surface area contributed by atoms with Gasteiger partial charge in [-0.15, -0.1) is 0 Å². The number of benzene rings is 3. The van der Waals surface area contributed by atoms with Crippen molar-refractivity contribution >= 4 is 29.5 Å². The summed E-state index contributed by atoms with van der Waals surface area (Å²) in [7, 11) is 0. The maximum absolute atomic E-state index is 13.4. The average molecular weight is 516 g/mol. The molecule has 3 aromatic rings. The van der Waals surface area contributed by atoms with Crippen molar-refractivity contribution in [2.24, 2.45) is 5.16 Å². The predicted octanol–water partition coefficient (Wildman–Crippen LogP) is 5.40. The second-order valence-electron chi connectivity index (χ2n) is 8.23. The van der Waals surface area contributed by atoms with E-state index in [1.54, 1.807) is 67.6 Å². The molecule has 0 radical (unpaired) electrons. The number of rotatable bonds is 10. The summed E-state index contributed by atoms with van der Waals surface area (Å²) in [4.78, 5) is 40.6. The number of ether oxygens (including phenoxy) is 2. The summed E-state index contributed by atoms with van der Waals surface area (Å²) in [5.41, 5.74) is 2.85. The average Bonchev–Trinajstić information content (AvgIpc) is 2.95. The molecule has 0 heterocycles. The monoisotopic (exact) mass is 515 g/mol. The van der Waals surface area contributed by atoms with Crippen LogP contribution in [0.25, 0.3) is 0 Å². The summed E-state index contributed by atoms with van der Waals surface area (Å²) in [6.07, 6.45) is 0.341. The maximum Gasteiger partial charge on any atom is 0.419 e. The molecule has 0 fully saturated rings. The first kappa shape index (κ1) is 27.7. The summed E-state index contributed by atoms with van der Waals surface area (Å²) >= 11 is 0. The lowest BCUT2D eigenvalue weighted by atomic mass is 10.0. The first-order chi connectivity index (χ1) is 18.4. The Labute approximate surface area is 221 Å². The maximum atomic E-state index is 13.4. The quantitative estimate of drug-likeness (QED) is 0.123. The van der Waals surface area contributed by atoms with Crippen LogP contribution in [0.1, 0.15) is 23.6 Å². The van der Waals surface area contributed by atoms with Crippen LogP contribution in [-0.4, -0.2) is 46.6 Å². The second kappa shape index (κ2) is 14.0. The fraction of sp³-hybridized carbons (Fsp3) is 0.172. The molecule has 0 aromatic heterocycles. The van der Waals surface area contributed by atoms with E-state index in [4.69, 9.17) is 14.7 Å². The normalized spacial score (nSPS) is 11.7. The van der Waals surface area contributed by atoms with E-state index < -0.39 is 24.1 Å². The van der Waals surface area contributed by atoms with Crippen LogP contribution >= 0.6 is 0 Å². The lowest BCUT2D eigenvalue weighted by Crippen LogP contribution is -2.52. The third-order valence-electron chi connectivity index (χ3n) is 5.52. The number of imide groups is 1. The van der Waals surface area contributed by atoms with Gasteiger partial charge in [0.2, 0.25) is 0 Å². The molecule has 0 aliphatic heterocycles. The Morgan fingerprint density at radius 1 is 0.947 bits per heavy atom. The van der Waals surface area contributed by atoms with E-state index in [1.807, 2.05) is 24.3 Å². The highest BCUT2D eigenvalue weighted by Crippen LogP contribution is 2.18. The van der Waals surface area contributed by atoms with E-state index in [-0.39, 0.29) is 19.6 Å². The Kier molecular flexibility index (Phi) is 10.2. The van der Waals surface area contributed by atoms with Gasteiger partial charge in [0.25, 0.3) is 0 Å². The van der Waals surface area contributed by atoms with Crippen LogP contribution < -0.4 is 5.32 Å². The van der Waals surface area contributed by atoms with Crippen molar-refractivity contribution in [3.05, 3.63) is 114 Å². The van der Waals surface area contributed by atoms with Crippen molar-refractivity contribution in [3.63, 3.8) is 0 Å². The number of nitrogens with one attached hydrogen (secondary N) is 1. The van der Waals surface area contributed by atoms with Crippen LogP contribution in [0.15, 0.2) is 103 Å². The van der Waals surface area contributed by atoms with Gasteiger partial charge >= 0.3 is 18.1 Å². The molecule has 1 unspecified atom stereocenters. The largest absolute Gasteiger partial charge is 0.459 e. The van der Waals surface area contributed by atoms with Crippen LogP contribution in [0, 0.1) is 0 Å². The predicted molar refractivity (Wildman–Crippen MR) is 143 cm³/mol. The zero-order valence-corrected chi connectivity index (χ0v) is 20.9. The molecule has 0 saturated carbocycles. The molecular weight excluding hydrogens is 486 g/mol. The van der Waals surface area contributed by atoms with Gasteiger partial charge in [-0.25, -0.2) is 19.3 Å². The number of esters is 1. The molecule has 0 aliphatic rings. The molecule has 2 N–H and O–H groups in total. The van der Waals surface area contributed by atoms with Crippen LogP contribution in [0.2, 0.25) is 0 Å². The summed E-state index contributed by atoms with van der Waals surface area (Å²) in [5.74, 6) is -0.770. The first-order valence-corrected chi connectivity index (χ1v) is 11.8. The summed E-state index contributed by atoms with van der Waals surface area (Å²) < 4.78 is 10.7. The SMILES string of the molecule is C=CCOC(=O)N(C(=O)Nc1ccc(/C(C)=N/O)cc1)C(Cc1ccccc1)C(=O)OCc1ccccc1. The third-order valence-corrected chi connectivity index (χ3v) is 5.52. The lowest BCUT2D eigenvalue weighted by molar-refractivity contribution is -0.149. The molecule has 0 saturated heterocycles. The Bertz CT molecular complexity index is 1260. The number of urea groups is 1. The highest BCUT2D eigenvalue weighted by Gasteiger charge is 2.37. The Hall–Kier alpha value is -4.92. The van der Waals surface area contributed by atoms with Gasteiger partial charge in [-0.05, 0) is 35.7 Å². The molecule has 3 aromatic carbocycles. The molecule has 38 heavy (non-hydrogen) atoms. The van der Waals surface area contributed by atoms with Gasteiger partial charge in [0.05, 0.1) is 5.71 Å². The van der Waals surface area contributed by atoms with Crippen LogP contribution in [0.4, 0.5) is 15.3 Å². The topological polar surface area (TPSA) is 118 Å². The molecule has 3 amide bonds. The van der Waals surface area contributed by atoms with E-state index in [1.165, 1.54) is 6.08 Å². The Balaban J connectivity index is 1.90. The van der Waals surface area contributed by atoms with Gasteiger partial charge in [0, 0.05) is 12.1 Å². The van der Waals surface area contributed by atoms with Crippen molar-refractivity contribution in [2.45, 2.75) is 26.0 Å². The highest BCUT2D eigenvalue weighted by molar-refractivity contribution is 6.03. The number of carbonyl (C=O) groups is 3. The summed E-state index contributed by atoms with van der Waals surface area (Å²) in [6, 6.07) is 22.3. The Morgan fingerprint density at radius 2 is 1.55 bits per heavy atom. The van der Waals surface area contributed by atoms with Crippen LogP contribution in [0.3, 0.4) is 0 Å². The molecule has 1 atom stereocenters. The van der Waals surface area contributed by atoms with Crippen LogP contribution in [-0.2, 0) is 27.3 Å². The lowest BCUT2D eigenvalue weighted by Gasteiger charge is -2.28. The first-order valence-electron chi connectivity index (χ1n) is 11.8. The van der Waals surface area contributed by atoms with Crippen molar-refractivity contribution in [1.29, 1.82) is 0 Å². The number of hydrogen-bond acceptors (Lipinski definition) is 7. The third kappa shape index (κ3) is 7.79. The van der Waals surface area contributed by atoms with Gasteiger partial charge in [0.15, 0.2) is 0 Å². The number of oxime groups is 1. The molecule has 9 heteroatoms. The second-order valence-corrected chi connectivity index (χ2v) is 8.23. The molecule has 3 rings (SSSR count). The fourth-order valence-electron chi connectivity index (χ4n) is 3.53. The standard InChI is InChI=1S/C29H29N3O6/c1-3-18-37-29(35)32(28(34)30-25-16-14-24(15-17-25)21(2)31-36)26(19-22-10-6-4-7-11-22)27(33)38-20-23-12-8-5-9-13-23/h3-17,26,36H,1,18-20H2,2H3,(H,30,34)/b31-21+. The van der Waals surface area contributed by atoms with Gasteiger partial charge < -0.3 is 20.0 Å². The molecule has 0 aliphatic carbocycles. The minimum Gasteiger partial charge on any atom is -0.459 e.